The normalized spacial score (nSPS) is 24.4. The second-order valence-electron chi connectivity index (χ2n) is 25.4. The first-order valence-corrected chi connectivity index (χ1v) is 35.2. The maximum atomic E-state index is 13.9. The number of hydrogen-bond acceptors (Lipinski definition) is 30. The summed E-state index contributed by atoms with van der Waals surface area (Å²) in [5, 5.41) is 21.4. The summed E-state index contributed by atoms with van der Waals surface area (Å²) >= 11 is 0. The number of rotatable bonds is 45. The van der Waals surface area contributed by atoms with Gasteiger partial charge in [-0.1, -0.05) is 51.1 Å². The molecule has 0 aromatic heterocycles. The molecular weight excluding hydrogens is 1420 g/mol. The highest BCUT2D eigenvalue weighted by molar-refractivity contribution is 5.90. The van der Waals surface area contributed by atoms with E-state index in [0.29, 0.717) is 5.56 Å². The van der Waals surface area contributed by atoms with Gasteiger partial charge in [0.15, 0.2) is 18.9 Å². The topological polar surface area (TPSA) is 483 Å². The average Bonchev–Trinajstić information content (AvgIpc) is 0.809. The van der Waals surface area contributed by atoms with Gasteiger partial charge in [0.05, 0.1) is 77.6 Å². The lowest BCUT2D eigenvalue weighted by molar-refractivity contribution is -0.264. The van der Waals surface area contributed by atoms with Crippen molar-refractivity contribution in [3.63, 3.8) is 0 Å². The number of amides is 8. The van der Waals surface area contributed by atoms with Gasteiger partial charge in [-0.05, 0) is 18.4 Å². The van der Waals surface area contributed by atoms with Crippen molar-refractivity contribution in [3.8, 4) is 0 Å². The monoisotopic (exact) mass is 1530 g/mol. The van der Waals surface area contributed by atoms with Crippen LogP contribution in [0.4, 0.5) is 4.79 Å². The van der Waals surface area contributed by atoms with Gasteiger partial charge in [0, 0.05) is 113 Å². The zero-order valence-corrected chi connectivity index (χ0v) is 62.6. The van der Waals surface area contributed by atoms with E-state index in [1.807, 2.05) is 0 Å². The molecule has 0 radical (unpaired) electrons. The molecule has 0 aliphatic carbocycles. The molecule has 3 aliphatic rings. The molecule has 38 nitrogen and oxygen atoms in total. The molecule has 3 heterocycles. The molecule has 1 aromatic carbocycles. The molecule has 1 aromatic rings. The fourth-order valence-electron chi connectivity index (χ4n) is 11.6. The summed E-state index contributed by atoms with van der Waals surface area (Å²) in [6.45, 7) is 14.3. The van der Waals surface area contributed by atoms with Crippen LogP contribution in [0.3, 0.4) is 0 Å². The van der Waals surface area contributed by atoms with Gasteiger partial charge in [0.1, 0.15) is 75.1 Å². The summed E-state index contributed by atoms with van der Waals surface area (Å²) in [6.07, 6.45) is -11.3. The number of nitrogens with one attached hydrogen (secondary N) is 8. The van der Waals surface area contributed by atoms with E-state index in [2.05, 4.69) is 42.5 Å². The summed E-state index contributed by atoms with van der Waals surface area (Å²) in [5.41, 5.74) is 0.637. The predicted molar refractivity (Wildman–Crippen MR) is 366 cm³/mol. The molecule has 602 valence electrons. The van der Waals surface area contributed by atoms with Crippen LogP contribution < -0.4 is 42.5 Å². The standard InChI is InChI=1S/C69H106N8O30/c1-38-58(73-41(4)78)66(105-53(35-98-44(7)81)61(38)102-47(10)84)95-31-28-92-25-22-70-56(87)20-18-51(64(89)71-23-26-93-29-32-96-67-59(74-42(5)79)39(2)62(103-48(11)85)54(106-67)36-99-45(8)82)76-57(88)21-19-52(77-69(91)101-34-50-16-14-13-15-17-50)65(90)72-24-27-94-30-33-97-68-60(75-43(6)80)40(3)63(104-49(12)86)55(107-68)37-100-46(9)83/h13-17,38-40,51-55,58-63,66-68H,18-37H2,1-12H3,(H,70,87)(H,71,89)(H,72,90)(H,73,78)(H,74,79)(H,75,80)(H,76,88)(H,77,91). The lowest BCUT2D eigenvalue weighted by atomic mass is 9.88. The zero-order chi connectivity index (χ0) is 79.1. The van der Waals surface area contributed by atoms with E-state index >= 15 is 0 Å². The van der Waals surface area contributed by atoms with Crippen LogP contribution in [0.5, 0.6) is 0 Å². The SMILES string of the molecule is CC(=O)NC1C(OCCOCCNC(=O)CCC(NC(=O)CCC(NC(=O)OCc2ccccc2)C(=O)NCCOCCOC2OC(COC(C)=O)C(OC(C)=O)C(C)C2NC(C)=O)C(=O)NCCOCCOC2OC(COC(C)=O)C(OC(C)=O)C(C)C2NC(C)=O)OC(COC(C)=O)C(OC(C)=O)C1C. The van der Waals surface area contributed by atoms with E-state index in [1.165, 1.54) is 62.3 Å². The van der Waals surface area contributed by atoms with Crippen molar-refractivity contribution in [2.45, 2.75) is 201 Å². The Labute approximate surface area is 620 Å². The second-order valence-corrected chi connectivity index (χ2v) is 25.4. The molecule has 4 rings (SSSR count). The zero-order valence-electron chi connectivity index (χ0n) is 62.6. The maximum absolute atomic E-state index is 13.9. The van der Waals surface area contributed by atoms with Crippen molar-refractivity contribution in [2.24, 2.45) is 17.8 Å². The molecule has 8 amide bonds. The van der Waals surface area contributed by atoms with Gasteiger partial charge in [-0.2, -0.15) is 0 Å². The van der Waals surface area contributed by atoms with Crippen LogP contribution in [0.25, 0.3) is 0 Å². The Bertz CT molecular complexity index is 3050. The van der Waals surface area contributed by atoms with Gasteiger partial charge in [0.25, 0.3) is 0 Å². The van der Waals surface area contributed by atoms with Crippen LogP contribution in [0.2, 0.25) is 0 Å². The van der Waals surface area contributed by atoms with E-state index < -0.39 is 193 Å². The Balaban J connectivity index is 1.40. The Morgan fingerprint density at radius 3 is 1.07 bits per heavy atom. The van der Waals surface area contributed by atoms with Crippen molar-refractivity contribution < 1.29 is 143 Å². The van der Waals surface area contributed by atoms with Gasteiger partial charge < -0.3 is 118 Å². The van der Waals surface area contributed by atoms with E-state index in [1.54, 1.807) is 51.1 Å². The number of hydrogen-bond donors (Lipinski definition) is 8. The second kappa shape index (κ2) is 48.5. The van der Waals surface area contributed by atoms with Crippen LogP contribution in [0, 0.1) is 17.8 Å². The van der Waals surface area contributed by atoms with E-state index in [-0.39, 0.29) is 125 Å². The van der Waals surface area contributed by atoms with Crippen molar-refractivity contribution in [3.05, 3.63) is 35.9 Å². The highest BCUT2D eigenvalue weighted by atomic mass is 16.7. The summed E-state index contributed by atoms with van der Waals surface area (Å²) in [5.74, 6) is -9.46. The maximum Gasteiger partial charge on any atom is 0.408 e. The molecule has 3 aliphatic heterocycles. The lowest BCUT2D eigenvalue weighted by Gasteiger charge is -2.44. The van der Waals surface area contributed by atoms with Crippen LogP contribution in [-0.4, -0.2) is 268 Å². The van der Waals surface area contributed by atoms with Crippen molar-refractivity contribution in [2.75, 3.05) is 98.9 Å². The summed E-state index contributed by atoms with van der Waals surface area (Å²) in [4.78, 5) is 176. The van der Waals surface area contributed by atoms with Gasteiger partial charge >= 0.3 is 41.9 Å². The van der Waals surface area contributed by atoms with E-state index in [4.69, 9.17) is 75.8 Å². The van der Waals surface area contributed by atoms with Crippen LogP contribution in [-0.2, 0) is 145 Å². The highest BCUT2D eigenvalue weighted by Crippen LogP contribution is 2.33. The molecule has 17 unspecified atom stereocenters. The number of ether oxygens (including phenoxy) is 16. The Kier molecular flexibility index (Phi) is 41.1. The molecule has 8 N–H and O–H groups in total. The summed E-state index contributed by atoms with van der Waals surface area (Å²) in [6, 6.07) is 3.49. The minimum Gasteiger partial charge on any atom is -0.463 e. The number of benzene rings is 1. The fraction of sp³-hybridized carbons (Fsp3) is 0.710. The van der Waals surface area contributed by atoms with Crippen molar-refractivity contribution in [1.29, 1.82) is 0 Å². The van der Waals surface area contributed by atoms with E-state index in [9.17, 15) is 67.1 Å². The van der Waals surface area contributed by atoms with E-state index in [0.717, 1.165) is 0 Å². The number of carbonyl (C=O) groups excluding carboxylic acids is 14. The number of esters is 6. The van der Waals surface area contributed by atoms with Crippen LogP contribution in [0.15, 0.2) is 30.3 Å². The molecule has 17 atom stereocenters. The third kappa shape index (κ3) is 34.8. The smallest absolute Gasteiger partial charge is 0.408 e. The van der Waals surface area contributed by atoms with Gasteiger partial charge in [-0.25, -0.2) is 4.79 Å². The molecule has 0 spiro atoms. The first kappa shape index (κ1) is 90.6. The number of carbonyl (C=O) groups is 14. The van der Waals surface area contributed by atoms with Crippen LogP contribution in [0.1, 0.15) is 114 Å². The molecule has 38 heteroatoms. The van der Waals surface area contributed by atoms with Gasteiger partial charge in [-0.3, -0.25) is 62.3 Å². The highest BCUT2D eigenvalue weighted by Gasteiger charge is 2.50. The Morgan fingerprint density at radius 2 is 0.729 bits per heavy atom. The first-order valence-electron chi connectivity index (χ1n) is 35.2. The third-order valence-corrected chi connectivity index (χ3v) is 16.5. The third-order valence-electron chi connectivity index (χ3n) is 16.5. The lowest BCUT2D eigenvalue weighted by Crippen LogP contribution is -2.62. The summed E-state index contributed by atoms with van der Waals surface area (Å²) in [7, 11) is 0. The van der Waals surface area contributed by atoms with Crippen LogP contribution >= 0.6 is 0 Å². The predicted octanol–water partition coefficient (Wildman–Crippen LogP) is -1.14. The van der Waals surface area contributed by atoms with Crippen molar-refractivity contribution >= 4 is 83.3 Å². The Hall–Kier alpha value is -8.76. The molecular formula is C69H106N8O30. The minimum atomic E-state index is -1.39. The Morgan fingerprint density at radius 1 is 0.393 bits per heavy atom. The minimum absolute atomic E-state index is 0.0166. The number of alkyl carbamates (subject to hydrolysis) is 1. The molecule has 3 fully saturated rings. The molecule has 107 heavy (non-hydrogen) atoms. The molecule has 3 saturated heterocycles. The average molecular weight is 1530 g/mol. The molecule has 0 bridgehead atoms. The fourth-order valence-corrected chi connectivity index (χ4v) is 11.6. The largest absolute Gasteiger partial charge is 0.463 e. The van der Waals surface area contributed by atoms with Gasteiger partial charge in [-0.15, -0.1) is 0 Å². The quantitative estimate of drug-likeness (QED) is 0.0217. The van der Waals surface area contributed by atoms with Crippen molar-refractivity contribution in [1.82, 2.24) is 42.5 Å². The van der Waals surface area contributed by atoms with Gasteiger partial charge in [0.2, 0.25) is 41.4 Å². The molecule has 0 saturated carbocycles. The first-order chi connectivity index (χ1) is 50.8. The summed E-state index contributed by atoms with van der Waals surface area (Å²) < 4.78 is 90.5.